The van der Waals surface area contributed by atoms with Gasteiger partial charge in [0.25, 0.3) is 0 Å². The van der Waals surface area contributed by atoms with E-state index in [4.69, 9.17) is 11.6 Å². The Morgan fingerprint density at radius 3 is 2.37 bits per heavy atom. The van der Waals surface area contributed by atoms with Crippen molar-refractivity contribution < 1.29 is 0 Å². The van der Waals surface area contributed by atoms with Crippen LogP contribution in [0.5, 0.6) is 0 Å². The molecular formula is C13H22ClN5. The first-order valence-electron chi connectivity index (χ1n) is 6.69. The number of nitrogens with zero attached hydrogens (tertiary/aromatic N) is 5. The van der Waals surface area contributed by atoms with Gasteiger partial charge in [0, 0.05) is 45.8 Å². The highest BCUT2D eigenvalue weighted by Gasteiger charge is 2.17. The second-order valence-electron chi connectivity index (χ2n) is 5.25. The zero-order chi connectivity index (χ0) is 13.7. The van der Waals surface area contributed by atoms with Crippen molar-refractivity contribution in [3.8, 4) is 0 Å². The predicted octanol–water partition coefficient (Wildman–Crippen LogP) is 0.809. The van der Waals surface area contributed by atoms with Gasteiger partial charge in [-0.25, -0.2) is 4.98 Å². The third-order valence-corrected chi connectivity index (χ3v) is 3.58. The molecule has 5 nitrogen and oxygen atoms in total. The van der Waals surface area contributed by atoms with Crippen molar-refractivity contribution in [1.29, 1.82) is 0 Å². The van der Waals surface area contributed by atoms with Crippen molar-refractivity contribution in [2.45, 2.75) is 6.54 Å². The lowest BCUT2D eigenvalue weighted by atomic mass is 10.3. The van der Waals surface area contributed by atoms with Gasteiger partial charge in [0.2, 0.25) is 0 Å². The van der Waals surface area contributed by atoms with Gasteiger partial charge in [-0.15, -0.1) is 0 Å². The number of likely N-dealkylation sites (N-methyl/N-ethyl adjacent to an activating group) is 1. The number of aromatic nitrogens is 2. The van der Waals surface area contributed by atoms with Crippen molar-refractivity contribution >= 4 is 11.6 Å². The van der Waals surface area contributed by atoms with Crippen molar-refractivity contribution in [2.24, 2.45) is 0 Å². The molecule has 106 valence electrons. The van der Waals surface area contributed by atoms with E-state index in [1.807, 2.05) is 0 Å². The summed E-state index contributed by atoms with van der Waals surface area (Å²) in [5, 5.41) is 0.456. The van der Waals surface area contributed by atoms with E-state index in [1.165, 1.54) is 0 Å². The minimum atomic E-state index is 0.456. The van der Waals surface area contributed by atoms with Gasteiger partial charge >= 0.3 is 0 Å². The van der Waals surface area contributed by atoms with E-state index in [1.54, 1.807) is 12.4 Å². The molecule has 0 bridgehead atoms. The Balaban J connectivity index is 1.72. The van der Waals surface area contributed by atoms with Crippen LogP contribution < -0.4 is 0 Å². The fraction of sp³-hybridized carbons (Fsp3) is 0.692. The van der Waals surface area contributed by atoms with Gasteiger partial charge in [-0.3, -0.25) is 14.8 Å². The van der Waals surface area contributed by atoms with Crippen LogP contribution in [0.4, 0.5) is 0 Å². The molecule has 1 aliphatic rings. The molecule has 0 saturated carbocycles. The molecule has 0 aromatic carbocycles. The summed E-state index contributed by atoms with van der Waals surface area (Å²) in [4.78, 5) is 15.5. The second kappa shape index (κ2) is 7.14. The average Bonchev–Trinajstić information content (AvgIpc) is 2.40. The number of hydrogen-bond acceptors (Lipinski definition) is 5. The molecule has 2 heterocycles. The first kappa shape index (κ1) is 14.7. The Morgan fingerprint density at radius 1 is 1.11 bits per heavy atom. The monoisotopic (exact) mass is 283 g/mol. The van der Waals surface area contributed by atoms with Crippen LogP contribution >= 0.6 is 11.6 Å². The van der Waals surface area contributed by atoms with Gasteiger partial charge < -0.3 is 4.90 Å². The molecule has 0 atom stereocenters. The predicted molar refractivity (Wildman–Crippen MR) is 77.3 cm³/mol. The highest BCUT2D eigenvalue weighted by atomic mass is 35.5. The Labute approximate surface area is 120 Å². The maximum Gasteiger partial charge on any atom is 0.147 e. The lowest BCUT2D eigenvalue weighted by Crippen LogP contribution is -2.47. The molecule has 1 aromatic rings. The summed E-state index contributed by atoms with van der Waals surface area (Å²) in [6.07, 6.45) is 3.38. The fourth-order valence-electron chi connectivity index (χ4n) is 2.16. The standard InChI is InChI=1S/C13H22ClN5/c1-17(2)3-4-18-5-7-19(8-6-18)11-12-9-16-13(14)10-15-12/h9-10H,3-8,11H2,1-2H3. The zero-order valence-corrected chi connectivity index (χ0v) is 12.5. The molecule has 1 saturated heterocycles. The van der Waals surface area contributed by atoms with Gasteiger partial charge in [-0.05, 0) is 14.1 Å². The van der Waals surface area contributed by atoms with Crippen LogP contribution in [0.15, 0.2) is 12.4 Å². The van der Waals surface area contributed by atoms with Crippen molar-refractivity contribution in [3.63, 3.8) is 0 Å². The first-order valence-corrected chi connectivity index (χ1v) is 7.07. The minimum absolute atomic E-state index is 0.456. The smallest absolute Gasteiger partial charge is 0.147 e. The largest absolute Gasteiger partial charge is 0.308 e. The molecule has 0 unspecified atom stereocenters. The topological polar surface area (TPSA) is 35.5 Å². The van der Waals surface area contributed by atoms with Gasteiger partial charge in [0.05, 0.1) is 18.1 Å². The van der Waals surface area contributed by atoms with Crippen LogP contribution in [-0.4, -0.2) is 78.0 Å². The van der Waals surface area contributed by atoms with Gasteiger partial charge in [-0.2, -0.15) is 0 Å². The Hall–Kier alpha value is -0.750. The molecule has 1 aromatic heterocycles. The quantitative estimate of drug-likeness (QED) is 0.799. The van der Waals surface area contributed by atoms with E-state index in [0.29, 0.717) is 5.15 Å². The Bertz CT molecular complexity index is 373. The molecule has 6 heteroatoms. The van der Waals surface area contributed by atoms with E-state index < -0.39 is 0 Å². The highest BCUT2D eigenvalue weighted by molar-refractivity contribution is 6.29. The Morgan fingerprint density at radius 2 is 1.79 bits per heavy atom. The Kier molecular flexibility index (Phi) is 5.51. The van der Waals surface area contributed by atoms with Crippen LogP contribution in [0.2, 0.25) is 5.15 Å². The normalized spacial score (nSPS) is 18.1. The van der Waals surface area contributed by atoms with Crippen molar-refractivity contribution in [2.75, 3.05) is 53.4 Å². The van der Waals surface area contributed by atoms with E-state index in [2.05, 4.69) is 38.8 Å². The van der Waals surface area contributed by atoms with Gasteiger partial charge in [0.15, 0.2) is 0 Å². The molecular weight excluding hydrogens is 262 g/mol. The summed E-state index contributed by atoms with van der Waals surface area (Å²) in [7, 11) is 4.24. The first-order chi connectivity index (χ1) is 9.13. The molecule has 0 radical (unpaired) electrons. The van der Waals surface area contributed by atoms with E-state index >= 15 is 0 Å². The van der Waals surface area contributed by atoms with Crippen LogP contribution in [0.25, 0.3) is 0 Å². The van der Waals surface area contributed by atoms with E-state index in [9.17, 15) is 0 Å². The van der Waals surface area contributed by atoms with Crippen LogP contribution in [0.3, 0.4) is 0 Å². The van der Waals surface area contributed by atoms with Gasteiger partial charge in [0.1, 0.15) is 5.15 Å². The maximum absolute atomic E-state index is 5.74. The lowest BCUT2D eigenvalue weighted by molar-refractivity contribution is 0.119. The number of rotatable bonds is 5. The third-order valence-electron chi connectivity index (χ3n) is 3.39. The summed E-state index contributed by atoms with van der Waals surface area (Å²) < 4.78 is 0. The van der Waals surface area contributed by atoms with E-state index in [-0.39, 0.29) is 0 Å². The minimum Gasteiger partial charge on any atom is -0.308 e. The molecule has 19 heavy (non-hydrogen) atoms. The molecule has 0 spiro atoms. The summed E-state index contributed by atoms with van der Waals surface area (Å²) >= 11 is 5.74. The number of hydrogen-bond donors (Lipinski definition) is 0. The second-order valence-corrected chi connectivity index (χ2v) is 5.64. The molecule has 2 rings (SSSR count). The molecule has 1 fully saturated rings. The molecule has 0 amide bonds. The summed E-state index contributed by atoms with van der Waals surface area (Å²) in [5.74, 6) is 0. The number of halogens is 1. The summed E-state index contributed by atoms with van der Waals surface area (Å²) in [6, 6.07) is 0. The van der Waals surface area contributed by atoms with Crippen molar-refractivity contribution in [3.05, 3.63) is 23.2 Å². The van der Waals surface area contributed by atoms with Crippen LogP contribution in [-0.2, 0) is 6.54 Å². The summed E-state index contributed by atoms with van der Waals surface area (Å²) in [6.45, 7) is 7.61. The van der Waals surface area contributed by atoms with Gasteiger partial charge in [-0.1, -0.05) is 11.6 Å². The maximum atomic E-state index is 5.74. The zero-order valence-electron chi connectivity index (χ0n) is 11.7. The summed E-state index contributed by atoms with van der Waals surface area (Å²) in [5.41, 5.74) is 0.992. The average molecular weight is 284 g/mol. The van der Waals surface area contributed by atoms with Crippen LogP contribution in [0.1, 0.15) is 5.69 Å². The number of piperazine rings is 1. The van der Waals surface area contributed by atoms with Crippen LogP contribution in [0, 0.1) is 0 Å². The molecule has 1 aliphatic heterocycles. The lowest BCUT2D eigenvalue weighted by Gasteiger charge is -2.34. The van der Waals surface area contributed by atoms with Crippen molar-refractivity contribution in [1.82, 2.24) is 24.7 Å². The highest BCUT2D eigenvalue weighted by Crippen LogP contribution is 2.07. The molecule has 0 N–H and O–H groups in total. The fourth-order valence-corrected chi connectivity index (χ4v) is 2.26. The molecule has 0 aliphatic carbocycles. The SMILES string of the molecule is CN(C)CCN1CCN(Cc2cnc(Cl)cn2)CC1. The third kappa shape index (κ3) is 5.03. The van der Waals surface area contributed by atoms with E-state index in [0.717, 1.165) is 51.5 Å².